The second-order valence-corrected chi connectivity index (χ2v) is 7.29. The predicted molar refractivity (Wildman–Crippen MR) is 113 cm³/mol. The van der Waals surface area contributed by atoms with Crippen molar-refractivity contribution in [2.24, 2.45) is 7.05 Å². The molecular formula is C21H17N9. The lowest BCUT2D eigenvalue weighted by Gasteiger charge is -2.01. The first kappa shape index (κ1) is 16.7. The van der Waals surface area contributed by atoms with E-state index < -0.39 is 0 Å². The van der Waals surface area contributed by atoms with Crippen molar-refractivity contribution in [2.75, 3.05) is 0 Å². The van der Waals surface area contributed by atoms with E-state index in [4.69, 9.17) is 0 Å². The van der Waals surface area contributed by atoms with Gasteiger partial charge in [-0.05, 0) is 25.1 Å². The van der Waals surface area contributed by atoms with E-state index in [1.54, 1.807) is 23.4 Å². The van der Waals surface area contributed by atoms with Crippen LogP contribution in [0, 0.1) is 6.92 Å². The molecule has 0 bridgehead atoms. The number of aromatic amines is 2. The van der Waals surface area contributed by atoms with Crippen molar-refractivity contribution in [3.63, 3.8) is 0 Å². The number of fused-ring (bicyclic) bond motifs is 2. The van der Waals surface area contributed by atoms with Crippen LogP contribution in [0.4, 0.5) is 0 Å². The Bertz CT molecular complexity index is 1530. The van der Waals surface area contributed by atoms with E-state index in [1.807, 2.05) is 49.3 Å². The first-order valence-electron chi connectivity index (χ1n) is 9.48. The van der Waals surface area contributed by atoms with Crippen molar-refractivity contribution in [1.82, 2.24) is 44.5 Å². The number of H-pyrrole nitrogens is 2. The van der Waals surface area contributed by atoms with Gasteiger partial charge in [-0.3, -0.25) is 19.3 Å². The maximum absolute atomic E-state index is 4.56. The minimum atomic E-state index is 0.827. The van der Waals surface area contributed by atoms with Crippen LogP contribution in [0.2, 0.25) is 0 Å². The quantitative estimate of drug-likeness (QED) is 0.478. The van der Waals surface area contributed by atoms with Gasteiger partial charge in [0, 0.05) is 42.0 Å². The Morgan fingerprint density at radius 1 is 0.967 bits per heavy atom. The zero-order chi connectivity index (χ0) is 20.2. The molecule has 6 aromatic heterocycles. The molecule has 0 spiro atoms. The van der Waals surface area contributed by atoms with E-state index in [-0.39, 0.29) is 0 Å². The van der Waals surface area contributed by atoms with Crippen LogP contribution in [-0.2, 0) is 7.05 Å². The molecule has 0 aliphatic carbocycles. The van der Waals surface area contributed by atoms with E-state index in [9.17, 15) is 0 Å². The lowest BCUT2D eigenvalue weighted by molar-refractivity contribution is 0.768. The molecule has 0 aliphatic heterocycles. The van der Waals surface area contributed by atoms with Crippen molar-refractivity contribution >= 4 is 21.8 Å². The Kier molecular flexibility index (Phi) is 3.40. The lowest BCUT2D eigenvalue weighted by Crippen LogP contribution is -1.94. The fraction of sp³-hybridized carbons (Fsp3) is 0.0952. The van der Waals surface area contributed by atoms with Gasteiger partial charge in [0.15, 0.2) is 0 Å². The van der Waals surface area contributed by atoms with E-state index in [1.165, 1.54) is 0 Å². The summed E-state index contributed by atoms with van der Waals surface area (Å²) in [6, 6.07) is 6.07. The molecule has 0 atom stereocenters. The van der Waals surface area contributed by atoms with Gasteiger partial charge in [-0.2, -0.15) is 10.2 Å². The van der Waals surface area contributed by atoms with Crippen molar-refractivity contribution in [1.29, 1.82) is 0 Å². The van der Waals surface area contributed by atoms with Crippen LogP contribution in [0.1, 0.15) is 5.69 Å². The van der Waals surface area contributed by atoms with Crippen LogP contribution in [0.15, 0.2) is 55.5 Å². The van der Waals surface area contributed by atoms with Crippen molar-refractivity contribution in [3.05, 3.63) is 61.2 Å². The van der Waals surface area contributed by atoms with Crippen molar-refractivity contribution in [2.45, 2.75) is 6.92 Å². The third-order valence-electron chi connectivity index (χ3n) is 5.19. The Morgan fingerprint density at radius 3 is 2.70 bits per heavy atom. The summed E-state index contributed by atoms with van der Waals surface area (Å²) in [6.45, 7) is 1.96. The maximum Gasteiger partial charge on any atom is 0.147 e. The highest BCUT2D eigenvalue weighted by Crippen LogP contribution is 2.32. The molecule has 0 fully saturated rings. The number of nitrogens with one attached hydrogen (secondary N) is 2. The highest BCUT2D eigenvalue weighted by Gasteiger charge is 2.15. The summed E-state index contributed by atoms with van der Waals surface area (Å²) in [7, 11) is 1.89. The monoisotopic (exact) mass is 395 g/mol. The van der Waals surface area contributed by atoms with Gasteiger partial charge in [-0.25, -0.2) is 9.97 Å². The zero-order valence-corrected chi connectivity index (χ0v) is 16.3. The maximum atomic E-state index is 4.56. The van der Waals surface area contributed by atoms with Gasteiger partial charge in [0.1, 0.15) is 17.8 Å². The minimum Gasteiger partial charge on any atom is -0.353 e. The van der Waals surface area contributed by atoms with Crippen molar-refractivity contribution in [3.8, 4) is 28.5 Å². The highest BCUT2D eigenvalue weighted by atomic mass is 15.2. The molecule has 2 N–H and O–H groups in total. The van der Waals surface area contributed by atoms with Gasteiger partial charge in [0.2, 0.25) is 0 Å². The Hall–Kier alpha value is -4.27. The average Bonchev–Trinajstić information content (AvgIpc) is 3.52. The Labute approximate surface area is 170 Å². The molecule has 0 radical (unpaired) electrons. The molecular weight excluding hydrogens is 378 g/mol. The summed E-state index contributed by atoms with van der Waals surface area (Å²) in [5.74, 6) is 0.827. The molecule has 0 saturated heterocycles. The third kappa shape index (κ3) is 2.52. The number of hydrogen-bond donors (Lipinski definition) is 2. The van der Waals surface area contributed by atoms with E-state index in [0.29, 0.717) is 0 Å². The number of hydrogen-bond acceptors (Lipinski definition) is 5. The zero-order valence-electron chi connectivity index (χ0n) is 16.3. The molecule has 146 valence electrons. The molecule has 9 heteroatoms. The summed E-state index contributed by atoms with van der Waals surface area (Å²) in [5, 5.41) is 13.9. The summed E-state index contributed by atoms with van der Waals surface area (Å²) in [5.41, 5.74) is 6.36. The number of nitrogens with zero attached hydrogens (tertiary/aromatic N) is 7. The summed E-state index contributed by atoms with van der Waals surface area (Å²) in [4.78, 5) is 16.9. The topological polar surface area (TPSA) is 106 Å². The van der Waals surface area contributed by atoms with E-state index in [0.717, 1.165) is 56.0 Å². The molecule has 6 heterocycles. The molecule has 0 unspecified atom stereocenters. The van der Waals surface area contributed by atoms with Crippen LogP contribution in [0.5, 0.6) is 0 Å². The summed E-state index contributed by atoms with van der Waals surface area (Å²) < 4.78 is 3.70. The van der Waals surface area contributed by atoms with E-state index in [2.05, 4.69) is 41.3 Å². The Balaban J connectivity index is 1.52. The number of aromatic nitrogens is 9. The molecule has 0 amide bonds. The highest BCUT2D eigenvalue weighted by molar-refractivity contribution is 5.98. The molecule has 0 aromatic carbocycles. The first-order valence-corrected chi connectivity index (χ1v) is 9.48. The lowest BCUT2D eigenvalue weighted by atomic mass is 10.1. The normalized spacial score (nSPS) is 11.7. The standard InChI is InChI=1S/C21H17N9/c1-12-9-30(11-24-12)21-15-6-18(26-16(15)3-4-22-21)20-14-5-17(13-7-25-29(2)10-13)23-8-19(14)27-28-20/h3-11,26H,1-2H3,(H,27,28). The second-order valence-electron chi connectivity index (χ2n) is 7.29. The number of pyridine rings is 2. The number of imidazole rings is 1. The smallest absolute Gasteiger partial charge is 0.147 e. The molecule has 6 rings (SSSR count). The number of aryl methyl sites for hydroxylation is 2. The second kappa shape index (κ2) is 6.11. The fourth-order valence-corrected chi connectivity index (χ4v) is 3.74. The van der Waals surface area contributed by atoms with Gasteiger partial charge in [-0.15, -0.1) is 0 Å². The van der Waals surface area contributed by atoms with Gasteiger partial charge in [-0.1, -0.05) is 0 Å². The SMILES string of the molecule is Cc1cn(-c2nccc3[nH]c(-c4n[nH]c5cnc(-c6cnn(C)c6)cc45)cc23)cn1. The van der Waals surface area contributed by atoms with Crippen LogP contribution in [0.3, 0.4) is 0 Å². The summed E-state index contributed by atoms with van der Waals surface area (Å²) in [6.07, 6.45) is 11.1. The molecule has 6 aromatic rings. The van der Waals surface area contributed by atoms with Crippen molar-refractivity contribution < 1.29 is 0 Å². The van der Waals surface area contributed by atoms with Crippen LogP contribution < -0.4 is 0 Å². The van der Waals surface area contributed by atoms with E-state index >= 15 is 0 Å². The molecule has 9 nitrogen and oxygen atoms in total. The molecule has 0 saturated carbocycles. The van der Waals surface area contributed by atoms with Gasteiger partial charge >= 0.3 is 0 Å². The van der Waals surface area contributed by atoms with Gasteiger partial charge in [0.25, 0.3) is 0 Å². The predicted octanol–water partition coefficient (Wildman–Crippen LogP) is 3.40. The number of rotatable bonds is 3. The first-order chi connectivity index (χ1) is 14.7. The average molecular weight is 395 g/mol. The largest absolute Gasteiger partial charge is 0.353 e. The third-order valence-corrected chi connectivity index (χ3v) is 5.19. The minimum absolute atomic E-state index is 0.827. The van der Waals surface area contributed by atoms with Gasteiger partial charge < -0.3 is 4.98 Å². The Morgan fingerprint density at radius 2 is 1.90 bits per heavy atom. The fourth-order valence-electron chi connectivity index (χ4n) is 3.74. The molecule has 30 heavy (non-hydrogen) atoms. The van der Waals surface area contributed by atoms with Gasteiger partial charge in [0.05, 0.1) is 40.5 Å². The van der Waals surface area contributed by atoms with Crippen LogP contribution in [0.25, 0.3) is 50.3 Å². The van der Waals surface area contributed by atoms with Crippen LogP contribution in [-0.4, -0.2) is 44.5 Å². The van der Waals surface area contributed by atoms with Crippen LogP contribution >= 0.6 is 0 Å². The molecule has 0 aliphatic rings. The summed E-state index contributed by atoms with van der Waals surface area (Å²) >= 11 is 0.